The summed E-state index contributed by atoms with van der Waals surface area (Å²) in [7, 11) is 1.05. The number of hydrogen-bond donors (Lipinski definition) is 1. The molecule has 0 spiro atoms. The maximum Gasteiger partial charge on any atom is 0.203 e. The van der Waals surface area contributed by atoms with Gasteiger partial charge in [-0.2, -0.15) is 4.39 Å². The summed E-state index contributed by atoms with van der Waals surface area (Å²) in [6.45, 7) is -0.211. The lowest BCUT2D eigenvalue weighted by Crippen LogP contribution is -2.00. The molecule has 0 aliphatic heterocycles. The van der Waals surface area contributed by atoms with E-state index in [9.17, 15) is 13.2 Å². The zero-order valence-corrected chi connectivity index (χ0v) is 9.95. The van der Waals surface area contributed by atoms with Crippen LogP contribution in [-0.4, -0.2) is 17.2 Å². The van der Waals surface area contributed by atoms with E-state index in [1.165, 1.54) is 18.3 Å². The summed E-state index contributed by atoms with van der Waals surface area (Å²) in [5.74, 6) is -4.41. The van der Waals surface area contributed by atoms with Gasteiger partial charge in [-0.1, -0.05) is 6.07 Å². The lowest BCUT2D eigenvalue weighted by atomic mass is 10.1. The Kier molecular flexibility index (Phi) is 3.71. The number of methoxy groups -OCH3 is 1. The van der Waals surface area contributed by atoms with Crippen LogP contribution in [0.15, 0.2) is 24.4 Å². The molecule has 0 aliphatic carbocycles. The molecule has 0 saturated carbocycles. The van der Waals surface area contributed by atoms with Gasteiger partial charge in [0.2, 0.25) is 5.82 Å². The second-order valence-corrected chi connectivity index (χ2v) is 3.78. The molecule has 2 aromatic rings. The van der Waals surface area contributed by atoms with E-state index in [0.717, 1.165) is 7.11 Å². The van der Waals surface area contributed by atoms with Crippen LogP contribution in [0.3, 0.4) is 0 Å². The summed E-state index contributed by atoms with van der Waals surface area (Å²) in [4.78, 5) is 3.88. The lowest BCUT2D eigenvalue weighted by molar-refractivity contribution is 0.281. The summed E-state index contributed by atoms with van der Waals surface area (Å²) < 4.78 is 45.1. The minimum absolute atomic E-state index is 0.118. The van der Waals surface area contributed by atoms with Crippen molar-refractivity contribution in [3.63, 3.8) is 0 Å². The van der Waals surface area contributed by atoms with Gasteiger partial charge < -0.3 is 9.84 Å². The first kappa shape index (κ1) is 13.4. The van der Waals surface area contributed by atoms with Crippen molar-refractivity contribution in [2.45, 2.75) is 6.61 Å². The Labute approximate surface area is 107 Å². The van der Waals surface area contributed by atoms with Gasteiger partial charge in [-0.3, -0.25) is 4.98 Å². The quantitative estimate of drug-likeness (QED) is 0.871. The lowest BCUT2D eigenvalue weighted by Gasteiger charge is -2.09. The van der Waals surface area contributed by atoms with E-state index in [-0.39, 0.29) is 17.9 Å². The fourth-order valence-electron chi connectivity index (χ4n) is 1.62. The molecule has 2 rings (SSSR count). The Morgan fingerprint density at radius 1 is 1.21 bits per heavy atom. The second-order valence-electron chi connectivity index (χ2n) is 3.78. The predicted octanol–water partition coefficient (Wildman–Crippen LogP) is 2.67. The number of pyridine rings is 1. The number of rotatable bonds is 3. The Morgan fingerprint density at radius 3 is 2.47 bits per heavy atom. The highest BCUT2D eigenvalue weighted by Gasteiger charge is 2.20. The molecular formula is C13H10F3NO2. The summed E-state index contributed by atoms with van der Waals surface area (Å²) >= 11 is 0. The average molecular weight is 269 g/mol. The molecule has 0 amide bonds. The van der Waals surface area contributed by atoms with E-state index in [0.29, 0.717) is 11.6 Å². The first-order chi connectivity index (χ1) is 9.08. The van der Waals surface area contributed by atoms with E-state index < -0.39 is 23.2 Å². The predicted molar refractivity (Wildman–Crippen MR) is 62.0 cm³/mol. The van der Waals surface area contributed by atoms with Crippen LogP contribution in [0, 0.1) is 17.5 Å². The molecule has 0 bridgehead atoms. The number of halogens is 3. The fraction of sp³-hybridized carbons (Fsp3) is 0.154. The zero-order valence-electron chi connectivity index (χ0n) is 9.95. The highest BCUT2D eigenvalue weighted by Crippen LogP contribution is 2.32. The molecule has 1 heterocycles. The SMILES string of the molecule is COc1c(F)c(F)cc(-c2ccc(CO)cn2)c1F. The first-order valence-electron chi connectivity index (χ1n) is 5.36. The van der Waals surface area contributed by atoms with E-state index in [4.69, 9.17) is 5.11 Å². The van der Waals surface area contributed by atoms with Gasteiger partial charge in [-0.15, -0.1) is 0 Å². The van der Waals surface area contributed by atoms with Crippen molar-refractivity contribution < 1.29 is 23.0 Å². The average Bonchev–Trinajstić information content (AvgIpc) is 2.44. The van der Waals surface area contributed by atoms with Gasteiger partial charge in [0.1, 0.15) is 0 Å². The van der Waals surface area contributed by atoms with Crippen LogP contribution in [0.2, 0.25) is 0 Å². The van der Waals surface area contributed by atoms with E-state index in [1.807, 2.05) is 0 Å². The van der Waals surface area contributed by atoms with E-state index in [1.54, 1.807) is 0 Å². The minimum Gasteiger partial charge on any atom is -0.491 e. The van der Waals surface area contributed by atoms with Crippen molar-refractivity contribution in [1.29, 1.82) is 0 Å². The highest BCUT2D eigenvalue weighted by molar-refractivity contribution is 5.63. The first-order valence-corrected chi connectivity index (χ1v) is 5.36. The van der Waals surface area contributed by atoms with Gasteiger partial charge >= 0.3 is 0 Å². The normalized spacial score (nSPS) is 10.6. The topological polar surface area (TPSA) is 42.4 Å². The van der Waals surface area contributed by atoms with Crippen LogP contribution in [0.1, 0.15) is 5.56 Å². The number of ether oxygens (including phenoxy) is 1. The largest absolute Gasteiger partial charge is 0.491 e. The molecule has 100 valence electrons. The molecule has 6 heteroatoms. The van der Waals surface area contributed by atoms with Crippen molar-refractivity contribution in [2.75, 3.05) is 7.11 Å². The molecule has 0 aliphatic rings. The van der Waals surface area contributed by atoms with E-state index >= 15 is 0 Å². The van der Waals surface area contributed by atoms with Crippen LogP contribution < -0.4 is 4.74 Å². The summed E-state index contributed by atoms with van der Waals surface area (Å²) in [6, 6.07) is 3.63. The third-order valence-electron chi connectivity index (χ3n) is 2.60. The standard InChI is InChI=1S/C13H10F3NO2/c1-19-13-11(15)8(4-9(14)12(13)16)10-3-2-7(6-18)5-17-10/h2-5,18H,6H2,1H3. The molecule has 0 atom stereocenters. The van der Waals surface area contributed by atoms with Crippen molar-refractivity contribution in [2.24, 2.45) is 0 Å². The zero-order chi connectivity index (χ0) is 14.0. The number of benzene rings is 1. The maximum atomic E-state index is 14.0. The molecule has 19 heavy (non-hydrogen) atoms. The van der Waals surface area contributed by atoms with Crippen LogP contribution in [0.5, 0.6) is 5.75 Å². The Morgan fingerprint density at radius 2 is 1.95 bits per heavy atom. The van der Waals surface area contributed by atoms with Crippen LogP contribution in [0.4, 0.5) is 13.2 Å². The van der Waals surface area contributed by atoms with E-state index in [2.05, 4.69) is 9.72 Å². The molecule has 0 fully saturated rings. The number of aliphatic hydroxyl groups is 1. The molecular weight excluding hydrogens is 259 g/mol. The number of hydrogen-bond acceptors (Lipinski definition) is 3. The minimum atomic E-state index is -1.38. The van der Waals surface area contributed by atoms with Crippen molar-refractivity contribution in [3.05, 3.63) is 47.4 Å². The van der Waals surface area contributed by atoms with Crippen LogP contribution in [0.25, 0.3) is 11.3 Å². The molecule has 0 saturated heterocycles. The monoisotopic (exact) mass is 269 g/mol. The van der Waals surface area contributed by atoms with Crippen LogP contribution in [-0.2, 0) is 6.61 Å². The Balaban J connectivity index is 2.58. The number of aliphatic hydroxyl groups excluding tert-OH is 1. The number of nitrogens with zero attached hydrogens (tertiary/aromatic N) is 1. The molecule has 1 N–H and O–H groups in total. The Bertz CT molecular complexity index is 600. The second kappa shape index (κ2) is 5.27. The van der Waals surface area contributed by atoms with Gasteiger partial charge in [0.25, 0.3) is 0 Å². The maximum absolute atomic E-state index is 14.0. The summed E-state index contributed by atoms with van der Waals surface area (Å²) in [5, 5.41) is 8.87. The summed E-state index contributed by atoms with van der Waals surface area (Å²) in [6.07, 6.45) is 1.32. The fourth-order valence-corrected chi connectivity index (χ4v) is 1.62. The van der Waals surface area contributed by atoms with Crippen LogP contribution >= 0.6 is 0 Å². The van der Waals surface area contributed by atoms with Crippen molar-refractivity contribution >= 4 is 0 Å². The molecule has 3 nitrogen and oxygen atoms in total. The Hall–Kier alpha value is -2.08. The highest BCUT2D eigenvalue weighted by atomic mass is 19.2. The van der Waals surface area contributed by atoms with Gasteiger partial charge in [-0.25, -0.2) is 8.78 Å². The summed E-state index contributed by atoms with van der Waals surface area (Å²) in [5.41, 5.74) is 0.436. The number of aromatic nitrogens is 1. The third-order valence-corrected chi connectivity index (χ3v) is 2.60. The van der Waals surface area contributed by atoms with Gasteiger partial charge in [0.05, 0.1) is 19.4 Å². The molecule has 1 aromatic carbocycles. The van der Waals surface area contributed by atoms with Crippen molar-refractivity contribution in [3.8, 4) is 17.0 Å². The van der Waals surface area contributed by atoms with Gasteiger partial charge in [0, 0.05) is 11.8 Å². The molecule has 0 unspecified atom stereocenters. The molecule has 0 radical (unpaired) electrons. The smallest absolute Gasteiger partial charge is 0.203 e. The third kappa shape index (κ3) is 2.39. The molecule has 1 aromatic heterocycles. The van der Waals surface area contributed by atoms with Crippen molar-refractivity contribution in [1.82, 2.24) is 4.98 Å². The van der Waals surface area contributed by atoms with Gasteiger partial charge in [-0.05, 0) is 17.7 Å². The van der Waals surface area contributed by atoms with Gasteiger partial charge in [0.15, 0.2) is 17.4 Å².